The van der Waals surface area contributed by atoms with Crippen LogP contribution in [-0.2, 0) is 4.74 Å². The zero-order valence-corrected chi connectivity index (χ0v) is 20.5. The summed E-state index contributed by atoms with van der Waals surface area (Å²) in [5.74, 6) is 1.12. The van der Waals surface area contributed by atoms with Crippen molar-refractivity contribution < 1.29 is 9.47 Å². The Balaban J connectivity index is 1.90. The highest BCUT2D eigenvalue weighted by Crippen LogP contribution is 2.34. The number of rotatable bonds is 7. The number of nitrogens with one attached hydrogen (secondary N) is 1. The molecule has 0 aliphatic carbocycles. The van der Waals surface area contributed by atoms with Gasteiger partial charge in [-0.05, 0) is 55.0 Å². The molecule has 2 heterocycles. The Bertz CT molecular complexity index is 1300. The summed E-state index contributed by atoms with van der Waals surface area (Å²) < 4.78 is 12.2. The summed E-state index contributed by atoms with van der Waals surface area (Å²) >= 11 is 8.26. The first-order valence-corrected chi connectivity index (χ1v) is 11.6. The zero-order valence-electron chi connectivity index (χ0n) is 18.7. The van der Waals surface area contributed by atoms with Crippen molar-refractivity contribution in [1.82, 2.24) is 4.57 Å². The standard InChI is InChI=1S/C24H25N5O3S2/c1-3-31-21-13-27-20-11-18(14-4-9-19(25)15(10-14)12-26-2)23(30)29(22(20)28-21)16-5-7-17(8-6-16)32-24(33)34/h4-13,21,24,28,33-34H,3,25H2,1-2H3. The van der Waals surface area contributed by atoms with Gasteiger partial charge in [0, 0.05) is 36.7 Å². The van der Waals surface area contributed by atoms with Crippen LogP contribution in [-0.4, -0.2) is 41.6 Å². The molecule has 34 heavy (non-hydrogen) atoms. The third-order valence-electron chi connectivity index (χ3n) is 5.16. The van der Waals surface area contributed by atoms with Crippen LogP contribution >= 0.6 is 25.3 Å². The fourth-order valence-electron chi connectivity index (χ4n) is 3.67. The van der Waals surface area contributed by atoms with Gasteiger partial charge in [0.2, 0.25) is 0 Å². The topological polar surface area (TPSA) is 103 Å². The second kappa shape index (κ2) is 10.4. The van der Waals surface area contributed by atoms with E-state index >= 15 is 0 Å². The molecule has 1 aliphatic heterocycles. The van der Waals surface area contributed by atoms with Crippen LogP contribution in [0.1, 0.15) is 12.5 Å². The van der Waals surface area contributed by atoms with Crippen molar-refractivity contribution >= 4 is 54.9 Å². The first-order chi connectivity index (χ1) is 16.4. The van der Waals surface area contributed by atoms with Crippen LogP contribution < -0.4 is 21.3 Å². The van der Waals surface area contributed by atoms with Crippen molar-refractivity contribution in [2.75, 3.05) is 24.7 Å². The van der Waals surface area contributed by atoms with E-state index in [1.54, 1.807) is 60.4 Å². The highest BCUT2D eigenvalue weighted by atomic mass is 32.2. The number of hydrogen-bond donors (Lipinski definition) is 4. The van der Waals surface area contributed by atoms with Crippen molar-refractivity contribution in [3.8, 4) is 22.6 Å². The van der Waals surface area contributed by atoms with Crippen LogP contribution in [0, 0.1) is 0 Å². The molecule has 176 valence electrons. The monoisotopic (exact) mass is 495 g/mol. The Labute approximate surface area is 208 Å². The van der Waals surface area contributed by atoms with Gasteiger partial charge in [-0.3, -0.25) is 19.3 Å². The van der Waals surface area contributed by atoms with E-state index < -0.39 is 11.0 Å². The van der Waals surface area contributed by atoms with E-state index in [9.17, 15) is 4.79 Å². The maximum atomic E-state index is 13.8. The number of nitrogens with zero attached hydrogens (tertiary/aromatic N) is 3. The molecular formula is C24H25N5O3S2. The molecule has 1 aromatic heterocycles. The van der Waals surface area contributed by atoms with E-state index in [0.717, 1.165) is 5.56 Å². The average Bonchev–Trinajstić information content (AvgIpc) is 2.81. The van der Waals surface area contributed by atoms with Crippen molar-refractivity contribution in [1.29, 1.82) is 0 Å². The number of anilines is 2. The van der Waals surface area contributed by atoms with E-state index in [0.29, 0.717) is 46.4 Å². The molecule has 3 aromatic rings. The molecule has 1 unspecified atom stereocenters. The molecule has 0 amide bonds. The average molecular weight is 496 g/mol. The second-order valence-corrected chi connectivity index (χ2v) is 8.75. The molecular weight excluding hydrogens is 470 g/mol. The lowest BCUT2D eigenvalue weighted by Crippen LogP contribution is -2.32. The maximum Gasteiger partial charge on any atom is 0.264 e. The fourth-order valence-corrected chi connectivity index (χ4v) is 3.91. The number of ether oxygens (including phenoxy) is 2. The predicted octanol–water partition coefficient (Wildman–Crippen LogP) is 4.15. The van der Waals surface area contributed by atoms with E-state index in [4.69, 9.17) is 15.2 Å². The van der Waals surface area contributed by atoms with Gasteiger partial charge in [-0.25, -0.2) is 0 Å². The van der Waals surface area contributed by atoms with Gasteiger partial charge in [-0.2, -0.15) is 0 Å². The van der Waals surface area contributed by atoms with E-state index in [2.05, 4.69) is 40.6 Å². The number of thiol groups is 2. The van der Waals surface area contributed by atoms with Crippen molar-refractivity contribution in [3.63, 3.8) is 0 Å². The predicted molar refractivity (Wildman–Crippen MR) is 145 cm³/mol. The lowest BCUT2D eigenvalue weighted by atomic mass is 10.0. The minimum absolute atomic E-state index is 0.224. The molecule has 0 bridgehead atoms. The van der Waals surface area contributed by atoms with Gasteiger partial charge in [-0.1, -0.05) is 6.07 Å². The SMILES string of the molecule is CCOC1C=Nc2cc(-c3ccc(N)c(C=NC)c3)c(=O)n(-c3ccc(OC(S)S)cc3)c2N1. The van der Waals surface area contributed by atoms with Gasteiger partial charge < -0.3 is 20.5 Å². The van der Waals surface area contributed by atoms with Gasteiger partial charge in [0.25, 0.3) is 5.56 Å². The van der Waals surface area contributed by atoms with Crippen LogP contribution in [0.2, 0.25) is 0 Å². The van der Waals surface area contributed by atoms with Gasteiger partial charge in [-0.15, -0.1) is 25.3 Å². The van der Waals surface area contributed by atoms with Crippen LogP contribution in [0.3, 0.4) is 0 Å². The summed E-state index contributed by atoms with van der Waals surface area (Å²) in [6.45, 7) is 2.39. The summed E-state index contributed by atoms with van der Waals surface area (Å²) in [5, 5.41) is 3.27. The largest absolute Gasteiger partial charge is 0.470 e. The number of fused-ring (bicyclic) bond motifs is 1. The van der Waals surface area contributed by atoms with Gasteiger partial charge in [0.15, 0.2) is 11.0 Å². The molecule has 1 aliphatic rings. The summed E-state index contributed by atoms with van der Waals surface area (Å²) in [5.41, 5.74) is 9.59. The number of nitrogen functional groups attached to an aromatic ring is 1. The fraction of sp³-hybridized carbons (Fsp3) is 0.208. The Morgan fingerprint density at radius 3 is 2.68 bits per heavy atom. The number of hydrogen-bond acceptors (Lipinski definition) is 9. The molecule has 4 rings (SSSR count). The summed E-state index contributed by atoms with van der Waals surface area (Å²) in [7, 11) is 1.67. The maximum absolute atomic E-state index is 13.8. The van der Waals surface area contributed by atoms with E-state index in [-0.39, 0.29) is 5.56 Å². The minimum atomic E-state index is -0.556. The molecule has 0 saturated carbocycles. The lowest BCUT2D eigenvalue weighted by Gasteiger charge is -2.25. The number of pyridine rings is 1. The number of benzene rings is 2. The van der Waals surface area contributed by atoms with Crippen LogP contribution in [0.15, 0.2) is 63.3 Å². The van der Waals surface area contributed by atoms with Gasteiger partial charge in [0.05, 0.1) is 11.9 Å². The third-order valence-corrected chi connectivity index (χ3v) is 5.37. The van der Waals surface area contributed by atoms with Gasteiger partial charge >= 0.3 is 0 Å². The van der Waals surface area contributed by atoms with Crippen molar-refractivity contribution in [2.45, 2.75) is 17.9 Å². The summed E-state index contributed by atoms with van der Waals surface area (Å²) in [6.07, 6.45) is 2.89. The molecule has 0 radical (unpaired) electrons. The second-order valence-electron chi connectivity index (χ2n) is 7.40. The number of aliphatic imine (C=N–C) groups is 2. The summed E-state index contributed by atoms with van der Waals surface area (Å²) in [4.78, 5) is 22.5. The molecule has 8 nitrogen and oxygen atoms in total. The van der Waals surface area contributed by atoms with E-state index in [1.165, 1.54) is 0 Å². The van der Waals surface area contributed by atoms with E-state index in [1.807, 2.05) is 19.1 Å². The number of nitrogens with two attached hydrogens (primary N) is 1. The first kappa shape index (κ1) is 23.9. The Hall–Kier alpha value is -3.21. The highest BCUT2D eigenvalue weighted by molar-refractivity contribution is 7.98. The third kappa shape index (κ3) is 4.98. The lowest BCUT2D eigenvalue weighted by molar-refractivity contribution is 0.130. The van der Waals surface area contributed by atoms with Crippen molar-refractivity contribution in [2.24, 2.45) is 9.98 Å². The smallest absolute Gasteiger partial charge is 0.264 e. The molecule has 1 atom stereocenters. The molecule has 3 N–H and O–H groups in total. The quantitative estimate of drug-likeness (QED) is 0.171. The Morgan fingerprint density at radius 1 is 1.24 bits per heavy atom. The highest BCUT2D eigenvalue weighted by Gasteiger charge is 2.22. The molecule has 10 heteroatoms. The Kier molecular flexibility index (Phi) is 7.30. The first-order valence-electron chi connectivity index (χ1n) is 10.6. The van der Waals surface area contributed by atoms with Crippen LogP contribution in [0.4, 0.5) is 17.2 Å². The van der Waals surface area contributed by atoms with Crippen molar-refractivity contribution in [3.05, 3.63) is 64.4 Å². The summed E-state index contributed by atoms with van der Waals surface area (Å²) in [6, 6.07) is 14.3. The normalized spacial score (nSPS) is 14.9. The van der Waals surface area contributed by atoms with Crippen LogP contribution in [0.25, 0.3) is 16.8 Å². The molecule has 0 saturated heterocycles. The number of aromatic nitrogens is 1. The molecule has 0 spiro atoms. The minimum Gasteiger partial charge on any atom is -0.470 e. The molecule has 0 fully saturated rings. The zero-order chi connectivity index (χ0) is 24.2. The van der Waals surface area contributed by atoms with Gasteiger partial charge in [0.1, 0.15) is 17.3 Å². The van der Waals surface area contributed by atoms with Crippen LogP contribution in [0.5, 0.6) is 5.75 Å². The molecule has 2 aromatic carbocycles. The Morgan fingerprint density at radius 2 is 2.00 bits per heavy atom.